The van der Waals surface area contributed by atoms with E-state index in [4.69, 9.17) is 4.84 Å². The summed E-state index contributed by atoms with van der Waals surface area (Å²) in [6.45, 7) is 11.0. The number of rotatable bonds is 34. The van der Waals surface area contributed by atoms with Crippen LogP contribution in [0.25, 0.3) is 0 Å². The summed E-state index contributed by atoms with van der Waals surface area (Å²) in [6, 6.07) is 0. The van der Waals surface area contributed by atoms with Gasteiger partial charge in [-0.3, -0.25) is 10.2 Å². The lowest BCUT2D eigenvalue weighted by molar-refractivity contribution is -0.217. The van der Waals surface area contributed by atoms with Crippen LogP contribution in [0.4, 0.5) is 0 Å². The van der Waals surface area contributed by atoms with Crippen LogP contribution in [-0.2, 0) is 14.4 Å². The highest BCUT2D eigenvalue weighted by Gasteiger charge is 2.31. The number of hydrogen-bond donors (Lipinski definition) is 1. The number of nitrogens with one attached hydrogen (secondary N) is 1. The molecule has 0 aliphatic rings. The molecule has 0 heterocycles. The van der Waals surface area contributed by atoms with Gasteiger partial charge in [0, 0.05) is 6.42 Å². The largest absolute Gasteiger partial charge is 0.348 e. The topological polar surface area (TPSA) is 58.6 Å². The summed E-state index contributed by atoms with van der Waals surface area (Å²) in [5.74, 6) is -0.305. The zero-order chi connectivity index (χ0) is 32.6. The van der Waals surface area contributed by atoms with E-state index in [0.717, 1.165) is 32.1 Å². The lowest BCUT2D eigenvalue weighted by Gasteiger charge is -2.27. The monoisotopic (exact) mass is 659 g/mol. The molecule has 0 rings (SSSR count). The van der Waals surface area contributed by atoms with Crippen LogP contribution in [0, 0.1) is 5.41 Å². The van der Waals surface area contributed by atoms with Crippen molar-refractivity contribution < 1.29 is 14.4 Å². The first kappa shape index (κ1) is 46.3. The molecule has 0 radical (unpaired) electrons. The van der Waals surface area contributed by atoms with Gasteiger partial charge in [-0.05, 0) is 38.3 Å². The van der Waals surface area contributed by atoms with Crippen LogP contribution in [0.2, 0.25) is 0 Å². The molecule has 0 aliphatic heterocycles. The summed E-state index contributed by atoms with van der Waals surface area (Å²) in [4.78, 5) is 31.2. The van der Waals surface area contributed by atoms with Gasteiger partial charge < -0.3 is 4.84 Å². The fourth-order valence-electron chi connectivity index (χ4n) is 5.91. The minimum atomic E-state index is -0.552. The van der Waals surface area contributed by atoms with Gasteiger partial charge in [0.15, 0.2) is 0 Å². The molecule has 0 aromatic rings. The molecule has 0 saturated carbocycles. The molecule has 1 N–H and O–H groups in total. The van der Waals surface area contributed by atoms with E-state index in [9.17, 15) is 9.59 Å². The van der Waals surface area contributed by atoms with Crippen molar-refractivity contribution >= 4 is 24.3 Å². The third-order valence-electron chi connectivity index (χ3n) is 9.08. The highest BCUT2D eigenvalue weighted by atomic mass is 35.5. The Hall–Kier alpha value is -0.810. The van der Waals surface area contributed by atoms with Crippen molar-refractivity contribution in [2.45, 2.75) is 227 Å². The fraction of sp³-hybridized carbons (Fsp3) is 0.949. The molecule has 1 amide bonds. The molecular formula is C39H79ClN2O3. The summed E-state index contributed by atoms with van der Waals surface area (Å²) in [5, 5.41) is 1.37. The number of amides is 1. The molecule has 45 heavy (non-hydrogen) atoms. The number of hydroxylamine groups is 1. The van der Waals surface area contributed by atoms with E-state index < -0.39 is 5.41 Å². The number of unbranched alkanes of at least 4 members (excludes halogenated alkanes) is 25. The summed E-state index contributed by atoms with van der Waals surface area (Å²) < 4.78 is 0. The van der Waals surface area contributed by atoms with Crippen LogP contribution >= 0.6 is 12.4 Å². The zero-order valence-electron chi connectivity index (χ0n) is 31.0. The lowest BCUT2D eigenvalue weighted by Crippen LogP contribution is -2.46. The van der Waals surface area contributed by atoms with E-state index in [1.807, 2.05) is 20.8 Å². The lowest BCUT2D eigenvalue weighted by atomic mass is 9.87. The Labute approximate surface area is 287 Å². The van der Waals surface area contributed by atoms with E-state index in [1.54, 1.807) is 0 Å². The van der Waals surface area contributed by atoms with Crippen molar-refractivity contribution in [3.63, 3.8) is 0 Å². The van der Waals surface area contributed by atoms with Crippen molar-refractivity contribution in [1.29, 1.82) is 0 Å². The Morgan fingerprint density at radius 3 is 1.20 bits per heavy atom. The molecule has 270 valence electrons. The van der Waals surface area contributed by atoms with Crippen molar-refractivity contribution in [2.24, 2.45) is 5.41 Å². The van der Waals surface area contributed by atoms with Gasteiger partial charge in [0.25, 0.3) is 0 Å². The Balaban J connectivity index is 0. The molecule has 0 aliphatic carbocycles. The fourth-order valence-corrected chi connectivity index (χ4v) is 5.91. The van der Waals surface area contributed by atoms with Crippen molar-refractivity contribution in [2.75, 3.05) is 6.54 Å². The van der Waals surface area contributed by atoms with Crippen LogP contribution in [0.3, 0.4) is 0 Å². The average molecular weight is 660 g/mol. The maximum atomic E-state index is 13.0. The molecule has 0 saturated heterocycles. The average Bonchev–Trinajstić information content (AvgIpc) is 2.99. The van der Waals surface area contributed by atoms with Crippen molar-refractivity contribution in [1.82, 2.24) is 10.6 Å². The standard InChI is InChI=1S/C39H78N2O3.ClH/c1-6-9-11-13-15-17-19-21-22-23-24-26-28-30-32-34-37(42)40-41(36-8-3)44-38(43)39(4,5)35-33-31-29-27-25-20-18-16-14-12-10-7-2;/h6-36H2,1-5H3,(H,40,42);1H. The number of halogens is 1. The van der Waals surface area contributed by atoms with E-state index in [-0.39, 0.29) is 24.3 Å². The predicted octanol–water partition coefficient (Wildman–Crippen LogP) is 13.0. The SMILES string of the molecule is CCCCCCCCCCCCCCCCCC(=O)NN(CCC)OC(=O)C(C)(C)CCCCCCCCCCCCCC.Cl. The molecule has 0 aromatic heterocycles. The van der Waals surface area contributed by atoms with E-state index >= 15 is 0 Å². The minimum Gasteiger partial charge on any atom is -0.348 e. The van der Waals surface area contributed by atoms with E-state index in [1.165, 1.54) is 159 Å². The molecule has 5 nitrogen and oxygen atoms in total. The summed E-state index contributed by atoms with van der Waals surface area (Å²) in [6.07, 6.45) is 37.5. The van der Waals surface area contributed by atoms with Crippen LogP contribution in [0.5, 0.6) is 0 Å². The first-order valence-electron chi connectivity index (χ1n) is 19.7. The highest BCUT2D eigenvalue weighted by molar-refractivity contribution is 5.85. The van der Waals surface area contributed by atoms with Gasteiger partial charge in [-0.15, -0.1) is 12.4 Å². The van der Waals surface area contributed by atoms with Crippen LogP contribution in [-0.4, -0.2) is 23.6 Å². The van der Waals surface area contributed by atoms with Crippen molar-refractivity contribution in [3.8, 4) is 0 Å². The Morgan fingerprint density at radius 2 is 0.844 bits per heavy atom. The highest BCUT2D eigenvalue weighted by Crippen LogP contribution is 2.26. The molecule has 0 aromatic carbocycles. The number of hydrogen-bond acceptors (Lipinski definition) is 4. The van der Waals surface area contributed by atoms with Gasteiger partial charge in [-0.1, -0.05) is 188 Å². The second-order valence-electron chi connectivity index (χ2n) is 14.2. The molecular weight excluding hydrogens is 580 g/mol. The van der Waals surface area contributed by atoms with Crippen LogP contribution < -0.4 is 5.43 Å². The predicted molar refractivity (Wildman–Crippen MR) is 198 cm³/mol. The Kier molecular flexibility index (Phi) is 35.5. The number of nitrogens with zero attached hydrogens (tertiary/aromatic N) is 1. The number of carbonyl (C=O) groups excluding carboxylic acids is 2. The molecule has 0 spiro atoms. The smallest absolute Gasteiger partial charge is 0.332 e. The second kappa shape index (κ2) is 34.5. The normalized spacial score (nSPS) is 11.5. The van der Waals surface area contributed by atoms with Gasteiger partial charge in [0.2, 0.25) is 5.91 Å². The molecule has 0 atom stereocenters. The summed E-state index contributed by atoms with van der Waals surface area (Å²) in [7, 11) is 0. The minimum absolute atomic E-state index is 0. The second-order valence-corrected chi connectivity index (χ2v) is 14.2. The van der Waals surface area contributed by atoms with Crippen LogP contribution in [0.15, 0.2) is 0 Å². The van der Waals surface area contributed by atoms with Crippen molar-refractivity contribution in [3.05, 3.63) is 0 Å². The van der Waals surface area contributed by atoms with Gasteiger partial charge in [0.05, 0.1) is 12.0 Å². The van der Waals surface area contributed by atoms with E-state index in [2.05, 4.69) is 19.3 Å². The first-order chi connectivity index (χ1) is 21.4. The molecule has 0 fully saturated rings. The quantitative estimate of drug-likeness (QED) is 0.0552. The first-order valence-corrected chi connectivity index (χ1v) is 19.7. The molecule has 0 bridgehead atoms. The number of carbonyl (C=O) groups is 2. The Morgan fingerprint density at radius 1 is 0.511 bits per heavy atom. The third kappa shape index (κ3) is 31.6. The van der Waals surface area contributed by atoms with Gasteiger partial charge in [0.1, 0.15) is 0 Å². The Bertz CT molecular complexity index is 644. The summed E-state index contributed by atoms with van der Waals surface area (Å²) in [5.41, 5.74) is 2.28. The van der Waals surface area contributed by atoms with Gasteiger partial charge >= 0.3 is 5.97 Å². The van der Waals surface area contributed by atoms with Gasteiger partial charge in [-0.25, -0.2) is 4.79 Å². The van der Waals surface area contributed by atoms with Gasteiger partial charge in [-0.2, -0.15) is 0 Å². The molecule has 6 heteroatoms. The number of hydrazine groups is 1. The maximum Gasteiger partial charge on any atom is 0.332 e. The maximum absolute atomic E-state index is 13.0. The third-order valence-corrected chi connectivity index (χ3v) is 9.08. The zero-order valence-corrected chi connectivity index (χ0v) is 31.8. The van der Waals surface area contributed by atoms with Crippen LogP contribution in [0.1, 0.15) is 227 Å². The molecule has 0 unspecified atom stereocenters. The van der Waals surface area contributed by atoms with E-state index in [0.29, 0.717) is 13.0 Å². The summed E-state index contributed by atoms with van der Waals surface area (Å²) >= 11 is 0.